The van der Waals surface area contributed by atoms with E-state index in [1.807, 2.05) is 18.2 Å². The Bertz CT molecular complexity index is 948. The second-order valence-corrected chi connectivity index (χ2v) is 7.16. The van der Waals surface area contributed by atoms with Crippen molar-refractivity contribution in [3.05, 3.63) is 83.9 Å². The number of carbonyl (C=O) groups excluding carboxylic acids is 1. The summed E-state index contributed by atoms with van der Waals surface area (Å²) < 4.78 is 16.4. The van der Waals surface area contributed by atoms with Crippen molar-refractivity contribution >= 4 is 23.2 Å². The number of nitrogens with zero attached hydrogens (tertiary/aromatic N) is 1. The van der Waals surface area contributed by atoms with Gasteiger partial charge in [0.2, 0.25) is 0 Å². The number of anilines is 1. The molecule has 0 saturated carbocycles. The van der Waals surface area contributed by atoms with E-state index in [0.717, 1.165) is 0 Å². The standard InChI is InChI=1S/C24H24ClNO5/c1-29-21-13-9-19(10-14-21)26(24(28)17-31-22-5-3-2-4-6-22)15-20(27)16-30-23-11-7-18(25)8-12-23/h2-14,20,27H,15-17H2,1H3/t20-/m0/s1. The quantitative estimate of drug-likeness (QED) is 0.510. The third-order valence-electron chi connectivity index (χ3n) is 4.44. The number of aliphatic hydroxyl groups is 1. The normalized spacial score (nSPS) is 11.5. The van der Waals surface area contributed by atoms with Crippen LogP contribution in [-0.4, -0.2) is 44.0 Å². The molecule has 6 nitrogen and oxygen atoms in total. The Morgan fingerprint density at radius 3 is 2.16 bits per heavy atom. The minimum absolute atomic E-state index is 0.0150. The summed E-state index contributed by atoms with van der Waals surface area (Å²) in [5, 5.41) is 11.1. The van der Waals surface area contributed by atoms with Crippen LogP contribution in [-0.2, 0) is 4.79 Å². The molecule has 3 aromatic rings. The first-order chi connectivity index (χ1) is 15.0. The average molecular weight is 442 g/mol. The SMILES string of the molecule is COc1ccc(N(C[C@H](O)COc2ccc(Cl)cc2)C(=O)COc2ccccc2)cc1. The molecule has 1 N–H and O–H groups in total. The van der Waals surface area contributed by atoms with Crippen LogP contribution in [0.4, 0.5) is 5.69 Å². The van der Waals surface area contributed by atoms with Gasteiger partial charge in [-0.25, -0.2) is 0 Å². The van der Waals surface area contributed by atoms with E-state index in [1.165, 1.54) is 4.90 Å². The highest BCUT2D eigenvalue weighted by Gasteiger charge is 2.21. The van der Waals surface area contributed by atoms with Crippen LogP contribution in [0.1, 0.15) is 0 Å². The van der Waals surface area contributed by atoms with E-state index >= 15 is 0 Å². The number of hydrogen-bond donors (Lipinski definition) is 1. The molecule has 3 aromatic carbocycles. The number of aliphatic hydroxyl groups excluding tert-OH is 1. The topological polar surface area (TPSA) is 68.2 Å². The third-order valence-corrected chi connectivity index (χ3v) is 4.69. The molecule has 0 heterocycles. The summed E-state index contributed by atoms with van der Waals surface area (Å²) in [5.41, 5.74) is 0.619. The molecule has 0 fully saturated rings. The molecule has 0 radical (unpaired) electrons. The van der Waals surface area contributed by atoms with Gasteiger partial charge in [0.25, 0.3) is 5.91 Å². The molecule has 7 heteroatoms. The molecule has 1 amide bonds. The maximum absolute atomic E-state index is 12.9. The van der Waals surface area contributed by atoms with Crippen LogP contribution in [0.3, 0.4) is 0 Å². The molecule has 0 aromatic heterocycles. The number of amides is 1. The van der Waals surface area contributed by atoms with E-state index in [0.29, 0.717) is 28.0 Å². The Labute approximate surface area is 186 Å². The first kappa shape index (κ1) is 22.5. The highest BCUT2D eigenvalue weighted by molar-refractivity contribution is 6.30. The minimum atomic E-state index is -0.918. The van der Waals surface area contributed by atoms with Crippen molar-refractivity contribution in [3.63, 3.8) is 0 Å². The van der Waals surface area contributed by atoms with Crippen molar-refractivity contribution < 1.29 is 24.1 Å². The Kier molecular flexibility index (Phi) is 8.15. The Morgan fingerprint density at radius 1 is 0.903 bits per heavy atom. The van der Waals surface area contributed by atoms with Gasteiger partial charge >= 0.3 is 0 Å². The fraction of sp³-hybridized carbons (Fsp3) is 0.208. The predicted molar refractivity (Wildman–Crippen MR) is 120 cm³/mol. The van der Waals surface area contributed by atoms with Gasteiger partial charge in [-0.1, -0.05) is 29.8 Å². The summed E-state index contributed by atoms with van der Waals surface area (Å²) in [6.45, 7) is -0.112. The smallest absolute Gasteiger partial charge is 0.264 e. The Balaban J connectivity index is 1.66. The summed E-state index contributed by atoms with van der Waals surface area (Å²) in [5.74, 6) is 1.55. The monoisotopic (exact) mass is 441 g/mol. The van der Waals surface area contributed by atoms with E-state index in [4.69, 9.17) is 25.8 Å². The lowest BCUT2D eigenvalue weighted by atomic mass is 10.2. The zero-order valence-electron chi connectivity index (χ0n) is 17.1. The van der Waals surface area contributed by atoms with Crippen LogP contribution in [0.25, 0.3) is 0 Å². The first-order valence-electron chi connectivity index (χ1n) is 9.74. The van der Waals surface area contributed by atoms with Gasteiger partial charge in [-0.15, -0.1) is 0 Å². The molecular formula is C24H24ClNO5. The number of ether oxygens (including phenoxy) is 3. The molecule has 0 aliphatic carbocycles. The van der Waals surface area contributed by atoms with Crippen molar-refractivity contribution in [2.75, 3.05) is 31.8 Å². The van der Waals surface area contributed by atoms with Crippen LogP contribution in [0.2, 0.25) is 5.02 Å². The van der Waals surface area contributed by atoms with E-state index in [9.17, 15) is 9.90 Å². The highest BCUT2D eigenvalue weighted by atomic mass is 35.5. The van der Waals surface area contributed by atoms with Crippen molar-refractivity contribution in [3.8, 4) is 17.2 Å². The summed E-state index contributed by atoms with van der Waals surface area (Å²) in [6, 6.07) is 23.0. The molecule has 1 atom stereocenters. The zero-order chi connectivity index (χ0) is 22.1. The van der Waals surface area contributed by atoms with Crippen LogP contribution >= 0.6 is 11.6 Å². The molecule has 0 aliphatic rings. The summed E-state index contributed by atoms with van der Waals surface area (Å²) >= 11 is 5.87. The van der Waals surface area contributed by atoms with Gasteiger partial charge < -0.3 is 24.2 Å². The van der Waals surface area contributed by atoms with E-state index < -0.39 is 6.10 Å². The number of rotatable bonds is 10. The zero-order valence-corrected chi connectivity index (χ0v) is 17.9. The van der Waals surface area contributed by atoms with Crippen molar-refractivity contribution in [1.29, 1.82) is 0 Å². The van der Waals surface area contributed by atoms with Crippen LogP contribution in [0.5, 0.6) is 17.2 Å². The lowest BCUT2D eigenvalue weighted by Crippen LogP contribution is -2.42. The summed E-state index contributed by atoms with van der Waals surface area (Å²) in [4.78, 5) is 14.4. The maximum Gasteiger partial charge on any atom is 0.264 e. The number of methoxy groups -OCH3 is 1. The molecule has 31 heavy (non-hydrogen) atoms. The van der Waals surface area contributed by atoms with Crippen LogP contribution in [0, 0.1) is 0 Å². The molecular weight excluding hydrogens is 418 g/mol. The average Bonchev–Trinajstić information content (AvgIpc) is 2.81. The number of halogens is 1. The van der Waals surface area contributed by atoms with Gasteiger partial charge in [-0.2, -0.15) is 0 Å². The molecule has 3 rings (SSSR count). The maximum atomic E-state index is 12.9. The fourth-order valence-corrected chi connectivity index (χ4v) is 2.97. The van der Waals surface area contributed by atoms with Gasteiger partial charge in [0.1, 0.15) is 30.0 Å². The predicted octanol–water partition coefficient (Wildman–Crippen LogP) is 4.20. The van der Waals surface area contributed by atoms with E-state index in [1.54, 1.807) is 67.8 Å². The van der Waals surface area contributed by atoms with Gasteiger partial charge in [-0.3, -0.25) is 4.79 Å². The molecule has 0 saturated heterocycles. The first-order valence-corrected chi connectivity index (χ1v) is 10.1. The fourth-order valence-electron chi connectivity index (χ4n) is 2.84. The van der Waals surface area contributed by atoms with E-state index in [2.05, 4.69) is 0 Å². The van der Waals surface area contributed by atoms with Gasteiger partial charge in [0.15, 0.2) is 6.61 Å². The lowest BCUT2D eigenvalue weighted by molar-refractivity contribution is -0.121. The molecule has 162 valence electrons. The third kappa shape index (κ3) is 6.91. The summed E-state index contributed by atoms with van der Waals surface area (Å²) in [7, 11) is 1.57. The second-order valence-electron chi connectivity index (χ2n) is 6.72. The molecule has 0 aliphatic heterocycles. The van der Waals surface area contributed by atoms with Crippen molar-refractivity contribution in [2.24, 2.45) is 0 Å². The molecule has 0 bridgehead atoms. The summed E-state index contributed by atoms with van der Waals surface area (Å²) in [6.07, 6.45) is -0.918. The van der Waals surface area contributed by atoms with Gasteiger partial charge in [0.05, 0.1) is 13.7 Å². The van der Waals surface area contributed by atoms with E-state index in [-0.39, 0.29) is 25.7 Å². The van der Waals surface area contributed by atoms with Crippen LogP contribution in [0.15, 0.2) is 78.9 Å². The highest BCUT2D eigenvalue weighted by Crippen LogP contribution is 2.21. The number of hydrogen-bond acceptors (Lipinski definition) is 5. The number of para-hydroxylation sites is 1. The minimum Gasteiger partial charge on any atom is -0.497 e. The van der Waals surface area contributed by atoms with Gasteiger partial charge in [0, 0.05) is 10.7 Å². The Morgan fingerprint density at radius 2 is 1.52 bits per heavy atom. The number of benzene rings is 3. The lowest BCUT2D eigenvalue weighted by Gasteiger charge is -2.26. The van der Waals surface area contributed by atoms with Gasteiger partial charge in [-0.05, 0) is 60.7 Å². The Hall–Kier alpha value is -3.22. The second kappa shape index (κ2) is 11.2. The number of carbonyl (C=O) groups is 1. The van der Waals surface area contributed by atoms with Crippen molar-refractivity contribution in [2.45, 2.75) is 6.10 Å². The van der Waals surface area contributed by atoms with Crippen molar-refractivity contribution in [1.82, 2.24) is 0 Å². The molecule has 0 unspecified atom stereocenters. The molecule has 0 spiro atoms. The van der Waals surface area contributed by atoms with Crippen LogP contribution < -0.4 is 19.1 Å². The largest absolute Gasteiger partial charge is 0.497 e.